The molecule has 7 nitrogen and oxygen atoms in total. The lowest BCUT2D eigenvalue weighted by Crippen LogP contribution is -2.00. The second-order valence-electron chi connectivity index (χ2n) is 4.63. The zero-order chi connectivity index (χ0) is 16.9. The van der Waals surface area contributed by atoms with Gasteiger partial charge in [0.1, 0.15) is 23.9 Å². The molecule has 0 amide bonds. The number of benzene rings is 1. The third kappa shape index (κ3) is 2.76. The van der Waals surface area contributed by atoms with Crippen LogP contribution in [0.5, 0.6) is 0 Å². The van der Waals surface area contributed by atoms with Crippen molar-refractivity contribution in [2.45, 2.75) is 0 Å². The van der Waals surface area contributed by atoms with E-state index in [-0.39, 0.29) is 11.3 Å². The first-order chi connectivity index (χ1) is 11.7. The van der Waals surface area contributed by atoms with Crippen molar-refractivity contribution in [3.05, 3.63) is 53.9 Å². The summed E-state index contributed by atoms with van der Waals surface area (Å²) < 4.78 is 5.63. The average Bonchev–Trinajstić information content (AvgIpc) is 3.06. The second kappa shape index (κ2) is 6.31. The summed E-state index contributed by atoms with van der Waals surface area (Å²) in [4.78, 5) is 8.41. The molecule has 0 radical (unpaired) electrons. The molecule has 0 saturated carbocycles. The van der Waals surface area contributed by atoms with Crippen molar-refractivity contribution in [2.24, 2.45) is 0 Å². The summed E-state index contributed by atoms with van der Waals surface area (Å²) >= 11 is 0. The predicted molar refractivity (Wildman–Crippen MR) is 84.7 cm³/mol. The lowest BCUT2D eigenvalue weighted by molar-refractivity contribution is 0.619. The minimum absolute atomic E-state index is 0.0983. The van der Waals surface area contributed by atoms with Crippen LogP contribution in [0.4, 0.5) is 5.69 Å². The average molecular weight is 312 g/mol. The molecule has 3 rings (SSSR count). The molecule has 0 spiro atoms. The Morgan fingerprint density at radius 1 is 1.00 bits per heavy atom. The van der Waals surface area contributed by atoms with Crippen LogP contribution in [0, 0.1) is 34.0 Å². The Bertz CT molecular complexity index is 1010. The molecule has 112 valence electrons. The maximum atomic E-state index is 9.03. The quantitative estimate of drug-likeness (QED) is 0.737. The number of nitriles is 3. The van der Waals surface area contributed by atoms with Gasteiger partial charge in [0.25, 0.3) is 0 Å². The Morgan fingerprint density at radius 2 is 1.75 bits per heavy atom. The van der Waals surface area contributed by atoms with Crippen LogP contribution in [0.15, 0.2) is 58.3 Å². The van der Waals surface area contributed by atoms with Gasteiger partial charge >= 0.3 is 0 Å². The highest BCUT2D eigenvalue weighted by Crippen LogP contribution is 2.24. The van der Waals surface area contributed by atoms with Crippen LogP contribution in [0.1, 0.15) is 0 Å². The van der Waals surface area contributed by atoms with E-state index in [1.165, 1.54) is 0 Å². The molecule has 0 atom stereocenters. The molecule has 7 heteroatoms. The van der Waals surface area contributed by atoms with Gasteiger partial charge in [0.15, 0.2) is 16.8 Å². The number of nitrogens with zero attached hydrogens (tertiary/aromatic N) is 5. The topological polar surface area (TPSA) is 122 Å². The molecule has 3 aromatic rings. The molecule has 2 heterocycles. The van der Waals surface area contributed by atoms with Crippen molar-refractivity contribution in [1.29, 1.82) is 15.8 Å². The van der Waals surface area contributed by atoms with Gasteiger partial charge in [-0.3, -0.25) is 0 Å². The second-order valence-corrected chi connectivity index (χ2v) is 4.63. The van der Waals surface area contributed by atoms with Crippen LogP contribution in [-0.2, 0) is 0 Å². The van der Waals surface area contributed by atoms with Gasteiger partial charge in [-0.2, -0.15) is 20.8 Å². The summed E-state index contributed by atoms with van der Waals surface area (Å²) in [5.41, 5.74) is 2.05. The van der Waals surface area contributed by atoms with Gasteiger partial charge < -0.3 is 9.73 Å². The Balaban J connectivity index is 1.89. The van der Waals surface area contributed by atoms with Gasteiger partial charge in [0.2, 0.25) is 5.89 Å². The molecule has 2 aromatic heterocycles. The molecule has 0 unspecified atom stereocenters. The van der Waals surface area contributed by atoms with Crippen LogP contribution in [0.3, 0.4) is 0 Å². The molecule has 24 heavy (non-hydrogen) atoms. The zero-order valence-corrected chi connectivity index (χ0v) is 12.2. The summed E-state index contributed by atoms with van der Waals surface area (Å²) in [6, 6.07) is 15.6. The highest BCUT2D eigenvalue weighted by atomic mass is 16.3. The predicted octanol–water partition coefficient (Wildman–Crippen LogP) is 3.13. The van der Waals surface area contributed by atoms with Gasteiger partial charge in [-0.15, -0.1) is 0 Å². The normalized spacial score (nSPS) is 9.54. The summed E-state index contributed by atoms with van der Waals surface area (Å²) in [6.45, 7) is 0. The maximum Gasteiger partial charge on any atom is 0.228 e. The number of anilines is 1. The fourth-order valence-corrected chi connectivity index (χ4v) is 2.02. The fraction of sp³-hybridized carbons (Fsp3) is 0. The number of nitrogens with one attached hydrogen (secondary N) is 1. The third-order valence-electron chi connectivity index (χ3n) is 3.15. The van der Waals surface area contributed by atoms with Gasteiger partial charge in [0, 0.05) is 17.4 Å². The van der Waals surface area contributed by atoms with Crippen LogP contribution < -0.4 is 5.32 Å². The minimum Gasteiger partial charge on any atom is -0.434 e. The number of pyridine rings is 1. The van der Waals surface area contributed by atoms with E-state index in [0.29, 0.717) is 22.8 Å². The van der Waals surface area contributed by atoms with Crippen molar-refractivity contribution in [3.63, 3.8) is 0 Å². The molecular formula is C17H8N6O. The molecule has 0 saturated heterocycles. The number of oxazole rings is 1. The van der Waals surface area contributed by atoms with Gasteiger partial charge in [0.05, 0.1) is 0 Å². The zero-order valence-electron chi connectivity index (χ0n) is 12.2. The number of allylic oxidation sites excluding steroid dienone is 2. The van der Waals surface area contributed by atoms with Crippen molar-refractivity contribution >= 4 is 16.9 Å². The van der Waals surface area contributed by atoms with E-state index in [4.69, 9.17) is 20.2 Å². The monoisotopic (exact) mass is 312 g/mol. The van der Waals surface area contributed by atoms with E-state index in [1.807, 2.05) is 0 Å². The molecule has 0 aliphatic heterocycles. The largest absolute Gasteiger partial charge is 0.434 e. The van der Waals surface area contributed by atoms with E-state index in [2.05, 4.69) is 15.3 Å². The van der Waals surface area contributed by atoms with Gasteiger partial charge in [-0.05, 0) is 36.4 Å². The highest BCUT2D eigenvalue weighted by Gasteiger charge is 2.10. The Hall–Kier alpha value is -4.15. The van der Waals surface area contributed by atoms with E-state index in [1.54, 1.807) is 60.8 Å². The van der Waals surface area contributed by atoms with Gasteiger partial charge in [-0.1, -0.05) is 0 Å². The number of hydrogen-bond acceptors (Lipinski definition) is 7. The number of aromatic nitrogens is 2. The van der Waals surface area contributed by atoms with Crippen LogP contribution in [-0.4, -0.2) is 9.97 Å². The molecule has 0 fully saturated rings. The molecule has 0 aliphatic rings. The first kappa shape index (κ1) is 14.8. The first-order valence-electron chi connectivity index (χ1n) is 6.78. The molecule has 0 bridgehead atoms. The number of hydrogen-bond donors (Lipinski definition) is 1. The van der Waals surface area contributed by atoms with Crippen molar-refractivity contribution in [1.82, 2.24) is 9.97 Å². The minimum atomic E-state index is -0.272. The molecule has 0 aliphatic carbocycles. The van der Waals surface area contributed by atoms with Crippen LogP contribution >= 0.6 is 0 Å². The smallest absolute Gasteiger partial charge is 0.228 e. The SMILES string of the molecule is N#CC(C#N)=C(C#N)Nc1ccc(-c2nc3ncccc3o2)cc1. The first-order valence-corrected chi connectivity index (χ1v) is 6.78. The summed E-state index contributed by atoms with van der Waals surface area (Å²) in [5, 5.41) is 29.4. The Labute approximate surface area is 136 Å². The Morgan fingerprint density at radius 3 is 2.38 bits per heavy atom. The van der Waals surface area contributed by atoms with Crippen molar-refractivity contribution in [2.75, 3.05) is 5.32 Å². The van der Waals surface area contributed by atoms with E-state index in [9.17, 15) is 0 Å². The summed E-state index contributed by atoms with van der Waals surface area (Å²) in [6.07, 6.45) is 1.64. The molecule has 1 N–H and O–H groups in total. The maximum absolute atomic E-state index is 9.03. The fourth-order valence-electron chi connectivity index (χ4n) is 2.02. The number of fused-ring (bicyclic) bond motifs is 1. The summed E-state index contributed by atoms with van der Waals surface area (Å²) in [7, 11) is 0. The number of rotatable bonds is 3. The standard InChI is InChI=1S/C17H8N6O/c18-8-12(9-19)14(10-20)22-13-5-3-11(4-6-13)17-23-16-15(24-17)2-1-7-21-16/h1-7,22H. The van der Waals surface area contributed by atoms with Crippen LogP contribution in [0.2, 0.25) is 0 Å². The van der Waals surface area contributed by atoms with Crippen molar-refractivity contribution < 1.29 is 4.42 Å². The highest BCUT2D eigenvalue weighted by molar-refractivity contribution is 5.72. The lowest BCUT2D eigenvalue weighted by atomic mass is 10.2. The molecule has 1 aromatic carbocycles. The third-order valence-corrected chi connectivity index (χ3v) is 3.15. The summed E-state index contributed by atoms with van der Waals surface area (Å²) in [5.74, 6) is 0.432. The van der Waals surface area contributed by atoms with Crippen molar-refractivity contribution in [3.8, 4) is 29.7 Å². The van der Waals surface area contributed by atoms with E-state index >= 15 is 0 Å². The Kier molecular flexibility index (Phi) is 3.88. The lowest BCUT2D eigenvalue weighted by Gasteiger charge is -2.04. The van der Waals surface area contributed by atoms with Gasteiger partial charge in [-0.25, -0.2) is 4.98 Å². The van der Waals surface area contributed by atoms with E-state index in [0.717, 1.165) is 5.56 Å². The van der Waals surface area contributed by atoms with Crippen LogP contribution in [0.25, 0.3) is 22.7 Å². The van der Waals surface area contributed by atoms with E-state index < -0.39 is 0 Å². The molecular weight excluding hydrogens is 304 g/mol.